The lowest BCUT2D eigenvalue weighted by atomic mass is 9.96. The van der Waals surface area contributed by atoms with Crippen molar-refractivity contribution in [2.24, 2.45) is 0 Å². The van der Waals surface area contributed by atoms with Gasteiger partial charge in [0.1, 0.15) is 6.04 Å². The summed E-state index contributed by atoms with van der Waals surface area (Å²) >= 11 is 3.44. The van der Waals surface area contributed by atoms with E-state index >= 15 is 0 Å². The Bertz CT molecular complexity index is 406. The zero-order chi connectivity index (χ0) is 11.5. The Morgan fingerprint density at radius 2 is 2.38 bits per heavy atom. The average molecular weight is 284 g/mol. The van der Waals surface area contributed by atoms with Crippen LogP contribution in [-0.4, -0.2) is 18.6 Å². The zero-order valence-corrected chi connectivity index (χ0v) is 10.7. The fourth-order valence-electron chi connectivity index (χ4n) is 1.89. The van der Waals surface area contributed by atoms with E-state index in [4.69, 9.17) is 4.74 Å². The summed E-state index contributed by atoms with van der Waals surface area (Å²) in [7, 11) is 0. The summed E-state index contributed by atoms with van der Waals surface area (Å²) in [6.45, 7) is 2.98. The summed E-state index contributed by atoms with van der Waals surface area (Å²) in [5.74, 6) is -0.156. The largest absolute Gasteiger partial charge is 0.465 e. The van der Waals surface area contributed by atoms with Crippen LogP contribution < -0.4 is 5.32 Å². The summed E-state index contributed by atoms with van der Waals surface area (Å²) in [6.07, 6.45) is 0.710. The van der Waals surface area contributed by atoms with Crippen molar-refractivity contribution in [3.8, 4) is 0 Å². The number of rotatable bonds is 2. The van der Waals surface area contributed by atoms with Gasteiger partial charge >= 0.3 is 5.97 Å². The molecule has 1 aromatic carbocycles. The molecule has 4 heteroatoms. The Balaban J connectivity index is 2.12. The zero-order valence-electron chi connectivity index (χ0n) is 9.13. The van der Waals surface area contributed by atoms with E-state index < -0.39 is 0 Å². The van der Waals surface area contributed by atoms with Crippen LogP contribution in [0.5, 0.6) is 0 Å². The van der Waals surface area contributed by atoms with Crippen LogP contribution in [0.1, 0.15) is 18.1 Å². The molecule has 0 spiro atoms. The summed E-state index contributed by atoms with van der Waals surface area (Å²) in [5.41, 5.74) is 2.47. The van der Waals surface area contributed by atoms with Crippen molar-refractivity contribution >= 4 is 21.9 Å². The molecule has 0 unspecified atom stereocenters. The van der Waals surface area contributed by atoms with Crippen molar-refractivity contribution in [2.45, 2.75) is 25.9 Å². The number of carbonyl (C=O) groups excluding carboxylic acids is 1. The van der Waals surface area contributed by atoms with Gasteiger partial charge in [0.25, 0.3) is 0 Å². The third-order valence-electron chi connectivity index (χ3n) is 2.70. The van der Waals surface area contributed by atoms with Crippen molar-refractivity contribution in [1.29, 1.82) is 0 Å². The van der Waals surface area contributed by atoms with E-state index in [1.165, 1.54) is 11.1 Å². The molecule has 1 atom stereocenters. The van der Waals surface area contributed by atoms with E-state index in [-0.39, 0.29) is 12.0 Å². The van der Waals surface area contributed by atoms with Crippen molar-refractivity contribution in [2.75, 3.05) is 6.61 Å². The number of hydrogen-bond donors (Lipinski definition) is 1. The molecule has 2 rings (SSSR count). The molecule has 0 fully saturated rings. The number of esters is 1. The lowest BCUT2D eigenvalue weighted by Crippen LogP contribution is -2.42. The van der Waals surface area contributed by atoms with Gasteiger partial charge in [-0.05, 0) is 36.6 Å². The van der Waals surface area contributed by atoms with Crippen LogP contribution in [0.25, 0.3) is 0 Å². The lowest BCUT2D eigenvalue weighted by molar-refractivity contribution is -0.145. The maximum atomic E-state index is 11.6. The predicted molar refractivity (Wildman–Crippen MR) is 65.1 cm³/mol. The number of hydrogen-bond acceptors (Lipinski definition) is 3. The van der Waals surface area contributed by atoms with E-state index in [1.54, 1.807) is 0 Å². The maximum Gasteiger partial charge on any atom is 0.323 e. The second-order valence-electron chi connectivity index (χ2n) is 3.80. The third-order valence-corrected chi connectivity index (χ3v) is 3.20. The Labute approximate surface area is 103 Å². The van der Waals surface area contributed by atoms with Crippen LogP contribution in [0.15, 0.2) is 22.7 Å². The molecule has 16 heavy (non-hydrogen) atoms. The predicted octanol–water partition coefficient (Wildman–Crippen LogP) is 2.03. The number of ether oxygens (including phenoxy) is 1. The van der Waals surface area contributed by atoms with Gasteiger partial charge in [0, 0.05) is 11.0 Å². The quantitative estimate of drug-likeness (QED) is 0.844. The first-order valence-corrected chi connectivity index (χ1v) is 6.17. The van der Waals surface area contributed by atoms with E-state index in [2.05, 4.69) is 33.4 Å². The molecular formula is C12H14BrNO2. The molecular weight excluding hydrogens is 270 g/mol. The summed E-state index contributed by atoms with van der Waals surface area (Å²) in [6, 6.07) is 5.95. The molecule has 0 saturated heterocycles. The second kappa shape index (κ2) is 4.97. The minimum atomic E-state index is -0.200. The highest BCUT2D eigenvalue weighted by Crippen LogP contribution is 2.21. The maximum absolute atomic E-state index is 11.6. The molecule has 1 aliphatic heterocycles. The lowest BCUT2D eigenvalue weighted by Gasteiger charge is -2.24. The van der Waals surface area contributed by atoms with Crippen molar-refractivity contribution < 1.29 is 9.53 Å². The van der Waals surface area contributed by atoms with Gasteiger partial charge in [0.05, 0.1) is 6.61 Å². The highest BCUT2D eigenvalue weighted by molar-refractivity contribution is 9.10. The smallest absolute Gasteiger partial charge is 0.323 e. The fraction of sp³-hybridized carbons (Fsp3) is 0.417. The summed E-state index contributed by atoms with van der Waals surface area (Å²) < 4.78 is 6.08. The minimum absolute atomic E-state index is 0.156. The molecule has 0 radical (unpaired) electrons. The van der Waals surface area contributed by atoms with Gasteiger partial charge in [-0.3, -0.25) is 4.79 Å². The third kappa shape index (κ3) is 2.44. The van der Waals surface area contributed by atoms with Crippen LogP contribution in [0.3, 0.4) is 0 Å². The van der Waals surface area contributed by atoms with E-state index in [9.17, 15) is 4.79 Å². The van der Waals surface area contributed by atoms with Crippen LogP contribution >= 0.6 is 15.9 Å². The Morgan fingerprint density at radius 3 is 3.12 bits per heavy atom. The Hall–Kier alpha value is -0.870. The van der Waals surface area contributed by atoms with Gasteiger partial charge in [0.2, 0.25) is 0 Å². The minimum Gasteiger partial charge on any atom is -0.465 e. The SMILES string of the molecule is CCOC(=O)[C@@H]1Cc2ccc(Br)cc2CN1. The number of benzene rings is 1. The monoisotopic (exact) mass is 283 g/mol. The number of fused-ring (bicyclic) bond motifs is 1. The highest BCUT2D eigenvalue weighted by atomic mass is 79.9. The molecule has 0 saturated carbocycles. The molecule has 1 aromatic rings. The molecule has 3 nitrogen and oxygen atoms in total. The van der Waals surface area contributed by atoms with E-state index in [0.29, 0.717) is 13.0 Å². The van der Waals surface area contributed by atoms with Gasteiger partial charge in [-0.1, -0.05) is 22.0 Å². The van der Waals surface area contributed by atoms with Gasteiger partial charge in [0.15, 0.2) is 0 Å². The molecule has 0 amide bonds. The molecule has 0 aliphatic carbocycles. The van der Waals surface area contributed by atoms with Gasteiger partial charge in [-0.25, -0.2) is 0 Å². The van der Waals surface area contributed by atoms with E-state index in [1.807, 2.05) is 13.0 Å². The molecule has 0 aromatic heterocycles. The van der Waals surface area contributed by atoms with Crippen LogP contribution in [0, 0.1) is 0 Å². The molecule has 1 aliphatic rings. The second-order valence-corrected chi connectivity index (χ2v) is 4.72. The van der Waals surface area contributed by atoms with Crippen molar-refractivity contribution in [1.82, 2.24) is 5.32 Å². The molecule has 1 heterocycles. The average Bonchev–Trinajstić information content (AvgIpc) is 2.28. The first kappa shape index (κ1) is 11.6. The summed E-state index contributed by atoms with van der Waals surface area (Å²) in [5, 5.41) is 3.19. The van der Waals surface area contributed by atoms with Crippen LogP contribution in [0.2, 0.25) is 0 Å². The fourth-order valence-corrected chi connectivity index (χ4v) is 2.30. The first-order valence-electron chi connectivity index (χ1n) is 5.38. The molecule has 0 bridgehead atoms. The van der Waals surface area contributed by atoms with Gasteiger partial charge in [-0.2, -0.15) is 0 Å². The summed E-state index contributed by atoms with van der Waals surface area (Å²) in [4.78, 5) is 11.6. The standard InChI is InChI=1S/C12H14BrNO2/c1-2-16-12(15)11-6-8-3-4-10(13)5-9(8)7-14-11/h3-5,11,14H,2,6-7H2,1H3/t11-/m0/s1. The molecule has 86 valence electrons. The van der Waals surface area contributed by atoms with Crippen LogP contribution in [-0.2, 0) is 22.5 Å². The number of carbonyl (C=O) groups is 1. The molecule has 1 N–H and O–H groups in total. The number of nitrogens with one attached hydrogen (secondary N) is 1. The van der Waals surface area contributed by atoms with Crippen LogP contribution in [0.4, 0.5) is 0 Å². The number of halogens is 1. The van der Waals surface area contributed by atoms with Crippen molar-refractivity contribution in [3.63, 3.8) is 0 Å². The van der Waals surface area contributed by atoms with E-state index in [0.717, 1.165) is 11.0 Å². The van der Waals surface area contributed by atoms with Gasteiger partial charge in [-0.15, -0.1) is 0 Å². The first-order chi connectivity index (χ1) is 7.70. The highest BCUT2D eigenvalue weighted by Gasteiger charge is 2.24. The Morgan fingerprint density at radius 1 is 1.56 bits per heavy atom. The topological polar surface area (TPSA) is 38.3 Å². The normalized spacial score (nSPS) is 19.0. The Kier molecular flexibility index (Phi) is 3.61. The van der Waals surface area contributed by atoms with Gasteiger partial charge < -0.3 is 10.1 Å². The van der Waals surface area contributed by atoms with Crippen molar-refractivity contribution in [3.05, 3.63) is 33.8 Å².